The number of H-pyrrole nitrogens is 1. The van der Waals surface area contributed by atoms with Crippen molar-refractivity contribution in [3.63, 3.8) is 0 Å². The van der Waals surface area contributed by atoms with Gasteiger partial charge in [-0.05, 0) is 59.2 Å². The van der Waals surface area contributed by atoms with Crippen LogP contribution in [0, 0.1) is 0 Å². The van der Waals surface area contributed by atoms with Gasteiger partial charge >= 0.3 is 18.2 Å². The number of ketones is 1. The number of hydrogen-bond acceptors (Lipinski definition) is 7. The van der Waals surface area contributed by atoms with E-state index >= 15 is 0 Å². The lowest BCUT2D eigenvalue weighted by Gasteiger charge is -2.43. The van der Waals surface area contributed by atoms with E-state index in [2.05, 4.69) is 26.3 Å². The molecule has 1 spiro atoms. The van der Waals surface area contributed by atoms with E-state index in [4.69, 9.17) is 9.47 Å². The molecule has 0 bridgehead atoms. The maximum Gasteiger partial charge on any atom is 0.419 e. The molecule has 13 heteroatoms. The van der Waals surface area contributed by atoms with Crippen molar-refractivity contribution in [2.75, 3.05) is 6.54 Å². The van der Waals surface area contributed by atoms with Gasteiger partial charge in [0.25, 0.3) is 11.7 Å². The normalized spacial score (nSPS) is 22.1. The standard InChI is InChI=1S/C35H40N6O7/c1-18-19-12-10-14-24-25(19)22(16-41(24)32(46)48-34(5,6)7)26(38-29(43)27(42)21-15-36-23-13-9-8-11-20(21)23)28(35(18)17-37-30(44)40-35)39-31(45)47-33(2,3)4/h8-16,18,26,28,36H,17H2,1-7H3,(H,38,43)(H,39,45)(H2,37,40,44)/t18-,26+,28-,35-/m0/s1. The monoisotopic (exact) mass is 656 g/mol. The van der Waals surface area contributed by atoms with Crippen molar-refractivity contribution in [1.29, 1.82) is 0 Å². The average Bonchev–Trinajstić information content (AvgIpc) is 3.70. The largest absolute Gasteiger partial charge is 0.444 e. The number of para-hydroxylation sites is 1. The molecule has 1 fully saturated rings. The predicted octanol–water partition coefficient (Wildman–Crippen LogP) is 5.01. The maximum atomic E-state index is 14.0. The van der Waals surface area contributed by atoms with Crippen LogP contribution in [0.15, 0.2) is 54.9 Å². The zero-order valence-electron chi connectivity index (χ0n) is 27.9. The van der Waals surface area contributed by atoms with E-state index in [-0.39, 0.29) is 12.1 Å². The maximum absolute atomic E-state index is 14.0. The second kappa shape index (κ2) is 11.4. The molecule has 1 aliphatic carbocycles. The Balaban J connectivity index is 1.54. The van der Waals surface area contributed by atoms with Crippen molar-refractivity contribution in [3.8, 4) is 0 Å². The first-order chi connectivity index (χ1) is 22.5. The minimum Gasteiger partial charge on any atom is -0.444 e. The third kappa shape index (κ3) is 5.73. The number of benzene rings is 2. The number of carbonyl (C=O) groups excluding carboxylic acids is 5. The van der Waals surface area contributed by atoms with Crippen LogP contribution in [0.25, 0.3) is 21.8 Å². The van der Waals surface area contributed by atoms with Gasteiger partial charge in [0.1, 0.15) is 11.2 Å². The molecule has 252 valence electrons. The highest BCUT2D eigenvalue weighted by molar-refractivity contribution is 6.45. The molecule has 4 atom stereocenters. The van der Waals surface area contributed by atoms with E-state index in [1.807, 2.05) is 19.1 Å². The zero-order valence-corrected chi connectivity index (χ0v) is 27.9. The van der Waals surface area contributed by atoms with Crippen LogP contribution in [0.1, 0.15) is 81.9 Å². The fourth-order valence-corrected chi connectivity index (χ4v) is 6.80. The lowest BCUT2D eigenvalue weighted by atomic mass is 9.74. The highest BCUT2D eigenvalue weighted by Gasteiger charge is 2.56. The van der Waals surface area contributed by atoms with Gasteiger partial charge in [-0.15, -0.1) is 0 Å². The van der Waals surface area contributed by atoms with Crippen molar-refractivity contribution in [1.82, 2.24) is 30.8 Å². The lowest BCUT2D eigenvalue weighted by molar-refractivity contribution is -0.118. The Bertz CT molecular complexity index is 1980. The van der Waals surface area contributed by atoms with Crippen LogP contribution in [0.5, 0.6) is 0 Å². The smallest absolute Gasteiger partial charge is 0.419 e. The van der Waals surface area contributed by atoms with Gasteiger partial charge in [0.05, 0.1) is 28.7 Å². The first kappa shape index (κ1) is 32.6. The minimum absolute atomic E-state index is 0.0724. The van der Waals surface area contributed by atoms with E-state index in [0.29, 0.717) is 27.4 Å². The third-order valence-corrected chi connectivity index (χ3v) is 8.83. The first-order valence-electron chi connectivity index (χ1n) is 15.8. The van der Waals surface area contributed by atoms with Gasteiger partial charge in [-0.1, -0.05) is 37.3 Å². The number of aromatic nitrogens is 2. The fraction of sp³-hybridized carbons (Fsp3) is 0.400. The van der Waals surface area contributed by atoms with Gasteiger partial charge in [0.15, 0.2) is 0 Å². The van der Waals surface area contributed by atoms with Crippen LogP contribution in [-0.2, 0) is 14.3 Å². The fourth-order valence-electron chi connectivity index (χ4n) is 6.80. The van der Waals surface area contributed by atoms with Crippen LogP contribution >= 0.6 is 0 Å². The van der Waals surface area contributed by atoms with Crippen molar-refractivity contribution in [2.45, 2.75) is 83.2 Å². The minimum atomic E-state index is -1.22. The number of amides is 4. The molecule has 48 heavy (non-hydrogen) atoms. The van der Waals surface area contributed by atoms with Gasteiger partial charge in [-0.3, -0.25) is 14.2 Å². The van der Waals surface area contributed by atoms with Crippen molar-refractivity contribution < 1.29 is 33.4 Å². The van der Waals surface area contributed by atoms with E-state index in [0.717, 1.165) is 5.56 Å². The van der Waals surface area contributed by atoms with Crippen LogP contribution in [-0.4, -0.2) is 68.8 Å². The highest BCUT2D eigenvalue weighted by atomic mass is 16.6. The molecule has 1 saturated heterocycles. The Morgan fingerprint density at radius 3 is 2.29 bits per heavy atom. The van der Waals surface area contributed by atoms with Crippen molar-refractivity contribution in [2.24, 2.45) is 0 Å². The number of hydrogen-bond donors (Lipinski definition) is 5. The Hall–Kier alpha value is -5.33. The Morgan fingerprint density at radius 2 is 1.62 bits per heavy atom. The van der Waals surface area contributed by atoms with Crippen LogP contribution in [0.2, 0.25) is 0 Å². The molecule has 6 rings (SSSR count). The molecule has 4 amide bonds. The first-order valence-corrected chi connectivity index (χ1v) is 15.8. The third-order valence-electron chi connectivity index (χ3n) is 8.83. The molecule has 1 aliphatic heterocycles. The van der Waals surface area contributed by atoms with Crippen molar-refractivity contribution >= 4 is 51.7 Å². The molecular weight excluding hydrogens is 616 g/mol. The summed E-state index contributed by atoms with van der Waals surface area (Å²) in [6.07, 6.45) is 1.60. The summed E-state index contributed by atoms with van der Waals surface area (Å²) in [5.74, 6) is -2.24. The predicted molar refractivity (Wildman–Crippen MR) is 178 cm³/mol. The quantitative estimate of drug-likeness (QED) is 0.152. The molecule has 4 aromatic rings. The number of nitrogens with zero attached hydrogens (tertiary/aromatic N) is 1. The Labute approximate surface area is 277 Å². The lowest BCUT2D eigenvalue weighted by Crippen LogP contribution is -2.67. The number of aromatic amines is 1. The summed E-state index contributed by atoms with van der Waals surface area (Å²) in [5.41, 5.74) is -0.343. The summed E-state index contributed by atoms with van der Waals surface area (Å²) in [6, 6.07) is 9.87. The van der Waals surface area contributed by atoms with E-state index in [1.54, 1.807) is 78.1 Å². The number of carbonyl (C=O) groups is 5. The highest BCUT2D eigenvalue weighted by Crippen LogP contribution is 2.46. The number of nitrogens with one attached hydrogen (secondary N) is 5. The number of Topliss-reactive ketones (excluding diaryl/α,β-unsaturated/α-hetero) is 1. The summed E-state index contributed by atoms with van der Waals surface area (Å²) in [4.78, 5) is 70.8. The summed E-state index contributed by atoms with van der Waals surface area (Å²) in [7, 11) is 0. The topological polar surface area (TPSA) is 173 Å². The molecule has 0 saturated carbocycles. The van der Waals surface area contributed by atoms with Crippen LogP contribution in [0.4, 0.5) is 14.4 Å². The van der Waals surface area contributed by atoms with Gasteiger partial charge in [-0.2, -0.15) is 0 Å². The SMILES string of the molecule is C[C@H]1c2cccc3c2c(cn3C(=O)OC(C)(C)C)[C@@H](NC(=O)C(=O)c2c[nH]c3ccccc23)[C@H](NC(=O)OC(C)(C)C)[C@]12CNC(=O)N2. The molecule has 0 unspecified atom stereocenters. The number of alkyl carbamates (subject to hydrolysis) is 1. The van der Waals surface area contributed by atoms with Gasteiger partial charge in [0, 0.05) is 46.7 Å². The number of urea groups is 1. The molecule has 13 nitrogen and oxygen atoms in total. The Kier molecular flexibility index (Phi) is 7.76. The summed E-state index contributed by atoms with van der Waals surface area (Å²) in [5, 5.41) is 12.9. The molecule has 2 aromatic heterocycles. The average molecular weight is 657 g/mol. The van der Waals surface area contributed by atoms with Crippen LogP contribution in [0.3, 0.4) is 0 Å². The summed E-state index contributed by atoms with van der Waals surface area (Å²) < 4.78 is 12.7. The molecule has 5 N–H and O–H groups in total. The van der Waals surface area contributed by atoms with Crippen molar-refractivity contribution in [3.05, 3.63) is 71.5 Å². The molecule has 0 radical (unpaired) electrons. The molecule has 3 heterocycles. The number of ether oxygens (including phenoxy) is 2. The Morgan fingerprint density at radius 1 is 0.917 bits per heavy atom. The summed E-state index contributed by atoms with van der Waals surface area (Å²) >= 11 is 0. The second-order valence-electron chi connectivity index (χ2n) is 14.4. The molecule has 2 aliphatic rings. The van der Waals surface area contributed by atoms with Crippen LogP contribution < -0.4 is 21.3 Å². The van der Waals surface area contributed by atoms with E-state index in [9.17, 15) is 24.0 Å². The molecule has 2 aromatic carbocycles. The second-order valence-corrected chi connectivity index (χ2v) is 14.4. The van der Waals surface area contributed by atoms with E-state index in [1.165, 1.54) is 10.8 Å². The van der Waals surface area contributed by atoms with Gasteiger partial charge < -0.3 is 35.7 Å². The van der Waals surface area contributed by atoms with Gasteiger partial charge in [0.2, 0.25) is 0 Å². The molecular formula is C35H40N6O7. The number of fused-ring (bicyclic) bond motifs is 1. The van der Waals surface area contributed by atoms with Gasteiger partial charge in [-0.25, -0.2) is 14.4 Å². The zero-order chi connectivity index (χ0) is 34.8. The number of rotatable bonds is 4. The summed E-state index contributed by atoms with van der Waals surface area (Å²) in [6.45, 7) is 12.4. The van der Waals surface area contributed by atoms with E-state index < -0.39 is 64.7 Å².